The maximum atomic E-state index is 11.9. The molecule has 4 nitrogen and oxygen atoms in total. The Morgan fingerprint density at radius 3 is 2.37 bits per heavy atom. The van der Waals surface area contributed by atoms with Crippen LogP contribution in [-0.4, -0.2) is 9.13 Å². The van der Waals surface area contributed by atoms with Crippen LogP contribution in [0.1, 0.15) is 38.3 Å². The number of hydrogen-bond acceptors (Lipinski definition) is 2. The number of imidazole rings is 1. The Morgan fingerprint density at radius 2 is 1.74 bits per heavy atom. The third kappa shape index (κ3) is 2.59. The SMILES string of the molecule is CC(C)CCC(N)c1ccc2c(c1)n(C)c(=O)n2C. The standard InChI is InChI=1S/C15H23N3O/c1-10(2)5-7-12(16)11-6-8-13-14(9-11)18(4)15(19)17(13)3/h6,8-10,12H,5,7,16H2,1-4H3. The van der Waals surface area contributed by atoms with E-state index in [1.807, 2.05) is 18.2 Å². The summed E-state index contributed by atoms with van der Waals surface area (Å²) in [4.78, 5) is 11.9. The van der Waals surface area contributed by atoms with Gasteiger partial charge in [0.05, 0.1) is 11.0 Å². The first-order valence-corrected chi connectivity index (χ1v) is 6.82. The van der Waals surface area contributed by atoms with Crippen LogP contribution in [0.5, 0.6) is 0 Å². The van der Waals surface area contributed by atoms with E-state index < -0.39 is 0 Å². The van der Waals surface area contributed by atoms with Crippen LogP contribution in [0, 0.1) is 5.92 Å². The fraction of sp³-hybridized carbons (Fsp3) is 0.533. The largest absolute Gasteiger partial charge is 0.328 e. The lowest BCUT2D eigenvalue weighted by Gasteiger charge is -2.13. The second-order valence-corrected chi connectivity index (χ2v) is 5.73. The predicted molar refractivity (Wildman–Crippen MR) is 79.2 cm³/mol. The number of nitrogens with two attached hydrogens (primary N) is 1. The zero-order valence-electron chi connectivity index (χ0n) is 12.2. The fourth-order valence-electron chi connectivity index (χ4n) is 2.43. The lowest BCUT2D eigenvalue weighted by Crippen LogP contribution is -2.19. The minimum absolute atomic E-state index is 0.00269. The summed E-state index contributed by atoms with van der Waals surface area (Å²) >= 11 is 0. The van der Waals surface area contributed by atoms with Crippen molar-refractivity contribution in [2.24, 2.45) is 25.7 Å². The molecule has 0 spiro atoms. The van der Waals surface area contributed by atoms with Crippen molar-refractivity contribution in [2.75, 3.05) is 0 Å². The summed E-state index contributed by atoms with van der Waals surface area (Å²) in [6.45, 7) is 4.41. The molecule has 1 aromatic carbocycles. The normalized spacial score (nSPS) is 13.4. The summed E-state index contributed by atoms with van der Waals surface area (Å²) in [5.41, 5.74) is 9.24. The second kappa shape index (κ2) is 5.21. The highest BCUT2D eigenvalue weighted by Gasteiger charge is 2.12. The minimum atomic E-state index is 0.00269. The lowest BCUT2D eigenvalue weighted by atomic mass is 9.98. The molecule has 1 heterocycles. The first-order valence-electron chi connectivity index (χ1n) is 6.82. The first-order chi connectivity index (χ1) is 8.91. The minimum Gasteiger partial charge on any atom is -0.324 e. The van der Waals surface area contributed by atoms with Gasteiger partial charge in [-0.1, -0.05) is 19.9 Å². The van der Waals surface area contributed by atoms with Gasteiger partial charge >= 0.3 is 5.69 Å². The molecular weight excluding hydrogens is 238 g/mol. The topological polar surface area (TPSA) is 52.9 Å². The maximum Gasteiger partial charge on any atom is 0.328 e. The summed E-state index contributed by atoms with van der Waals surface area (Å²) < 4.78 is 3.34. The monoisotopic (exact) mass is 261 g/mol. The predicted octanol–water partition coefficient (Wildman–Crippen LogP) is 2.31. The Morgan fingerprint density at radius 1 is 1.11 bits per heavy atom. The molecule has 2 aromatic rings. The molecule has 0 aliphatic carbocycles. The Hall–Kier alpha value is -1.55. The molecule has 2 N–H and O–H groups in total. The van der Waals surface area contributed by atoms with E-state index in [0.29, 0.717) is 5.92 Å². The summed E-state index contributed by atoms with van der Waals surface area (Å²) in [6, 6.07) is 6.11. The zero-order chi connectivity index (χ0) is 14.2. The molecule has 19 heavy (non-hydrogen) atoms. The molecular formula is C15H23N3O. The van der Waals surface area contributed by atoms with Crippen molar-refractivity contribution < 1.29 is 0 Å². The first kappa shape index (κ1) is 13.9. The van der Waals surface area contributed by atoms with Crippen molar-refractivity contribution in [1.82, 2.24) is 9.13 Å². The van der Waals surface area contributed by atoms with E-state index in [9.17, 15) is 4.79 Å². The molecule has 104 valence electrons. The van der Waals surface area contributed by atoms with Gasteiger partial charge in [-0.15, -0.1) is 0 Å². The van der Waals surface area contributed by atoms with Crippen LogP contribution in [-0.2, 0) is 14.1 Å². The van der Waals surface area contributed by atoms with Crippen LogP contribution < -0.4 is 11.4 Å². The number of benzene rings is 1. The quantitative estimate of drug-likeness (QED) is 0.918. The molecule has 0 bridgehead atoms. The third-order valence-electron chi connectivity index (χ3n) is 3.78. The van der Waals surface area contributed by atoms with Crippen molar-refractivity contribution in [3.05, 3.63) is 34.2 Å². The van der Waals surface area contributed by atoms with E-state index >= 15 is 0 Å². The molecule has 0 saturated heterocycles. The molecule has 0 fully saturated rings. The van der Waals surface area contributed by atoms with Gasteiger partial charge in [0, 0.05) is 20.1 Å². The Kier molecular flexibility index (Phi) is 3.80. The van der Waals surface area contributed by atoms with Crippen LogP contribution in [0.4, 0.5) is 0 Å². The number of hydrogen-bond donors (Lipinski definition) is 1. The number of aromatic nitrogens is 2. The number of nitrogens with zero attached hydrogens (tertiary/aromatic N) is 2. The second-order valence-electron chi connectivity index (χ2n) is 5.73. The van der Waals surface area contributed by atoms with Gasteiger partial charge in [0.2, 0.25) is 0 Å². The number of fused-ring (bicyclic) bond motifs is 1. The summed E-state index contributed by atoms with van der Waals surface area (Å²) in [5.74, 6) is 0.663. The third-order valence-corrected chi connectivity index (χ3v) is 3.78. The van der Waals surface area contributed by atoms with Gasteiger partial charge in [-0.3, -0.25) is 9.13 Å². The maximum absolute atomic E-state index is 11.9. The van der Waals surface area contributed by atoms with Crippen molar-refractivity contribution in [3.8, 4) is 0 Å². The van der Waals surface area contributed by atoms with Crippen LogP contribution in [0.25, 0.3) is 11.0 Å². The molecule has 4 heteroatoms. The fourth-order valence-corrected chi connectivity index (χ4v) is 2.43. The average Bonchev–Trinajstić information content (AvgIpc) is 2.61. The van der Waals surface area contributed by atoms with Gasteiger partial charge in [-0.25, -0.2) is 4.79 Å². The van der Waals surface area contributed by atoms with Crippen molar-refractivity contribution in [1.29, 1.82) is 0 Å². The van der Waals surface area contributed by atoms with Crippen molar-refractivity contribution in [3.63, 3.8) is 0 Å². The van der Waals surface area contributed by atoms with E-state index in [1.165, 1.54) is 0 Å². The molecule has 2 rings (SSSR count). The highest BCUT2D eigenvalue weighted by molar-refractivity contribution is 5.77. The van der Waals surface area contributed by atoms with Crippen LogP contribution in [0.2, 0.25) is 0 Å². The molecule has 1 atom stereocenters. The zero-order valence-corrected chi connectivity index (χ0v) is 12.2. The summed E-state index contributed by atoms with van der Waals surface area (Å²) in [6.07, 6.45) is 2.09. The molecule has 0 aliphatic heterocycles. The van der Waals surface area contributed by atoms with Gasteiger partial charge in [0.25, 0.3) is 0 Å². The van der Waals surface area contributed by atoms with E-state index in [2.05, 4.69) is 13.8 Å². The molecule has 1 aromatic heterocycles. The average molecular weight is 261 g/mol. The van der Waals surface area contributed by atoms with Gasteiger partial charge in [-0.05, 0) is 36.5 Å². The van der Waals surface area contributed by atoms with E-state index in [-0.39, 0.29) is 11.7 Å². The molecule has 1 unspecified atom stereocenters. The van der Waals surface area contributed by atoms with Gasteiger partial charge in [-0.2, -0.15) is 0 Å². The molecule has 0 amide bonds. The Bertz CT molecular complexity index is 637. The van der Waals surface area contributed by atoms with Crippen LogP contribution >= 0.6 is 0 Å². The van der Waals surface area contributed by atoms with Gasteiger partial charge in [0.15, 0.2) is 0 Å². The van der Waals surface area contributed by atoms with E-state index in [4.69, 9.17) is 5.73 Å². The van der Waals surface area contributed by atoms with Crippen LogP contribution in [0.15, 0.2) is 23.0 Å². The Balaban J connectivity index is 2.36. The Labute approximate surface area is 113 Å². The summed E-state index contributed by atoms with van der Waals surface area (Å²) in [7, 11) is 3.59. The lowest BCUT2D eigenvalue weighted by molar-refractivity contribution is 0.507. The van der Waals surface area contributed by atoms with E-state index in [0.717, 1.165) is 29.4 Å². The highest BCUT2D eigenvalue weighted by Crippen LogP contribution is 2.22. The van der Waals surface area contributed by atoms with Crippen molar-refractivity contribution in [2.45, 2.75) is 32.7 Å². The van der Waals surface area contributed by atoms with Gasteiger partial charge in [0.1, 0.15) is 0 Å². The molecule has 0 radical (unpaired) electrons. The highest BCUT2D eigenvalue weighted by atomic mass is 16.1. The number of aryl methyl sites for hydroxylation is 2. The summed E-state index contributed by atoms with van der Waals surface area (Å²) in [5, 5.41) is 0. The number of rotatable bonds is 4. The van der Waals surface area contributed by atoms with Gasteiger partial charge < -0.3 is 5.73 Å². The molecule has 0 aliphatic rings. The van der Waals surface area contributed by atoms with Crippen molar-refractivity contribution >= 4 is 11.0 Å². The molecule has 0 saturated carbocycles. The van der Waals surface area contributed by atoms with E-state index in [1.54, 1.807) is 23.2 Å². The van der Waals surface area contributed by atoms with Crippen LogP contribution in [0.3, 0.4) is 0 Å². The smallest absolute Gasteiger partial charge is 0.324 e.